The van der Waals surface area contributed by atoms with Gasteiger partial charge in [-0.2, -0.15) is 16.3 Å². The van der Waals surface area contributed by atoms with Crippen LogP contribution >= 0.6 is 11.3 Å². The van der Waals surface area contributed by atoms with Crippen molar-refractivity contribution >= 4 is 17.2 Å². The summed E-state index contributed by atoms with van der Waals surface area (Å²) in [6, 6.07) is 22.6. The molecule has 1 fully saturated rings. The maximum absolute atomic E-state index is 13.2. The Morgan fingerprint density at radius 1 is 0.939 bits per heavy atom. The first kappa shape index (κ1) is 21.6. The summed E-state index contributed by atoms with van der Waals surface area (Å²) in [4.78, 5) is 22.0. The summed E-state index contributed by atoms with van der Waals surface area (Å²) >= 11 is 1.61. The summed E-state index contributed by atoms with van der Waals surface area (Å²) < 4.78 is 5.44. The fraction of sp³-hybridized carbons (Fsp3) is 0.269. The van der Waals surface area contributed by atoms with Gasteiger partial charge in [-0.05, 0) is 22.6 Å². The van der Waals surface area contributed by atoms with Crippen molar-refractivity contribution in [1.82, 2.24) is 19.9 Å². The van der Waals surface area contributed by atoms with Crippen LogP contribution in [0, 0.1) is 0 Å². The number of nitrogens with zero attached hydrogens (tertiary/aromatic N) is 4. The van der Waals surface area contributed by atoms with Crippen LogP contribution in [-0.2, 0) is 11.3 Å². The number of hydrogen-bond donors (Lipinski definition) is 0. The second-order valence-corrected chi connectivity index (χ2v) is 9.04. The topological polar surface area (TPSA) is 62.5 Å². The molecule has 0 spiro atoms. The second kappa shape index (κ2) is 10.1. The van der Waals surface area contributed by atoms with Gasteiger partial charge in [0.05, 0.1) is 6.54 Å². The quantitative estimate of drug-likeness (QED) is 0.403. The third-order valence-corrected chi connectivity index (χ3v) is 6.80. The van der Waals surface area contributed by atoms with Crippen molar-refractivity contribution in [3.63, 3.8) is 0 Å². The fourth-order valence-electron chi connectivity index (χ4n) is 4.28. The van der Waals surface area contributed by atoms with Crippen LogP contribution in [0.4, 0.5) is 0 Å². The standard InChI is InChI=1S/C26H26N4O2S/c31-25(17-23(20-7-3-1-4-8-20)21-9-5-2-6-10-21)30-14-12-29(13-15-30)18-24-27-26(28-32-24)22-11-16-33-19-22/h1-11,16,19,23H,12-15,17-18H2. The molecular formula is C26H26N4O2S. The predicted octanol–water partition coefficient (Wildman–Crippen LogP) is 4.66. The largest absolute Gasteiger partial charge is 0.340 e. The molecule has 0 N–H and O–H groups in total. The van der Waals surface area contributed by atoms with Crippen molar-refractivity contribution in [3.8, 4) is 11.4 Å². The van der Waals surface area contributed by atoms with Gasteiger partial charge in [-0.25, -0.2) is 0 Å². The summed E-state index contributed by atoms with van der Waals surface area (Å²) in [5, 5.41) is 8.10. The monoisotopic (exact) mass is 458 g/mol. The minimum Gasteiger partial charge on any atom is -0.340 e. The molecule has 7 heteroatoms. The van der Waals surface area contributed by atoms with E-state index in [0.29, 0.717) is 37.8 Å². The molecular weight excluding hydrogens is 432 g/mol. The van der Waals surface area contributed by atoms with Crippen molar-refractivity contribution in [2.45, 2.75) is 18.9 Å². The molecule has 6 nitrogen and oxygen atoms in total. The van der Waals surface area contributed by atoms with Gasteiger partial charge in [0.2, 0.25) is 17.6 Å². The molecule has 0 saturated carbocycles. The Hall–Kier alpha value is -3.29. The summed E-state index contributed by atoms with van der Waals surface area (Å²) in [6.07, 6.45) is 0.474. The Morgan fingerprint density at radius 3 is 2.21 bits per heavy atom. The van der Waals surface area contributed by atoms with E-state index in [1.807, 2.05) is 58.1 Å². The van der Waals surface area contributed by atoms with E-state index in [0.717, 1.165) is 18.7 Å². The Morgan fingerprint density at radius 2 is 1.61 bits per heavy atom. The van der Waals surface area contributed by atoms with Crippen LogP contribution in [0.3, 0.4) is 0 Å². The summed E-state index contributed by atoms with van der Waals surface area (Å²) in [5.41, 5.74) is 3.33. The average molecular weight is 459 g/mol. The average Bonchev–Trinajstić information content (AvgIpc) is 3.56. The first-order valence-corrected chi connectivity index (χ1v) is 12.2. The van der Waals surface area contributed by atoms with E-state index < -0.39 is 0 Å². The van der Waals surface area contributed by atoms with Crippen molar-refractivity contribution in [2.24, 2.45) is 0 Å². The van der Waals surface area contributed by atoms with Gasteiger partial charge in [-0.3, -0.25) is 9.69 Å². The van der Waals surface area contributed by atoms with Gasteiger partial charge < -0.3 is 9.42 Å². The van der Waals surface area contributed by atoms with E-state index in [4.69, 9.17) is 4.52 Å². The lowest BCUT2D eigenvalue weighted by atomic mass is 9.88. The van der Waals surface area contributed by atoms with Crippen molar-refractivity contribution in [3.05, 3.63) is 94.5 Å². The molecule has 0 bridgehead atoms. The van der Waals surface area contributed by atoms with Gasteiger partial charge in [0.25, 0.3) is 0 Å². The highest BCUT2D eigenvalue weighted by atomic mass is 32.1. The number of aromatic nitrogens is 2. The molecule has 1 saturated heterocycles. The van der Waals surface area contributed by atoms with Gasteiger partial charge in [0.1, 0.15) is 0 Å². The fourth-order valence-corrected chi connectivity index (χ4v) is 4.91. The summed E-state index contributed by atoms with van der Waals surface area (Å²) in [6.45, 7) is 3.61. The number of carbonyl (C=O) groups excluding carboxylic acids is 1. The van der Waals surface area contributed by atoms with Crippen LogP contribution in [0.25, 0.3) is 11.4 Å². The first-order chi connectivity index (χ1) is 16.3. The molecule has 5 rings (SSSR count). The van der Waals surface area contributed by atoms with Gasteiger partial charge >= 0.3 is 0 Å². The van der Waals surface area contributed by atoms with E-state index in [9.17, 15) is 4.79 Å². The molecule has 0 radical (unpaired) electrons. The molecule has 168 valence electrons. The maximum atomic E-state index is 13.2. The van der Waals surface area contributed by atoms with Crippen LogP contribution < -0.4 is 0 Å². The molecule has 0 aliphatic carbocycles. The van der Waals surface area contributed by atoms with Crippen molar-refractivity contribution in [1.29, 1.82) is 0 Å². The molecule has 3 heterocycles. The van der Waals surface area contributed by atoms with Crippen LogP contribution in [0.5, 0.6) is 0 Å². The van der Waals surface area contributed by atoms with E-state index in [1.54, 1.807) is 11.3 Å². The molecule has 4 aromatic rings. The molecule has 1 aliphatic heterocycles. The van der Waals surface area contributed by atoms with E-state index in [2.05, 4.69) is 39.3 Å². The molecule has 33 heavy (non-hydrogen) atoms. The lowest BCUT2D eigenvalue weighted by Crippen LogP contribution is -2.48. The highest BCUT2D eigenvalue weighted by Gasteiger charge is 2.26. The highest BCUT2D eigenvalue weighted by molar-refractivity contribution is 7.08. The number of thiophene rings is 1. The summed E-state index contributed by atoms with van der Waals surface area (Å²) in [5.74, 6) is 1.51. The van der Waals surface area contributed by atoms with E-state index in [1.165, 1.54) is 11.1 Å². The number of rotatable bonds is 7. The third-order valence-electron chi connectivity index (χ3n) is 6.11. The van der Waals surface area contributed by atoms with Crippen LogP contribution in [-0.4, -0.2) is 52.0 Å². The van der Waals surface area contributed by atoms with Gasteiger partial charge in [0, 0.05) is 49.5 Å². The highest BCUT2D eigenvalue weighted by Crippen LogP contribution is 2.29. The Balaban J connectivity index is 1.18. The SMILES string of the molecule is O=C(CC(c1ccccc1)c1ccccc1)N1CCN(Cc2nc(-c3ccsc3)no2)CC1. The lowest BCUT2D eigenvalue weighted by molar-refractivity contribution is -0.133. The smallest absolute Gasteiger partial charge is 0.241 e. The van der Waals surface area contributed by atoms with Crippen molar-refractivity contribution in [2.75, 3.05) is 26.2 Å². The van der Waals surface area contributed by atoms with Crippen molar-refractivity contribution < 1.29 is 9.32 Å². The molecule has 2 aromatic heterocycles. The van der Waals surface area contributed by atoms with Gasteiger partial charge in [-0.1, -0.05) is 65.8 Å². The summed E-state index contributed by atoms with van der Waals surface area (Å²) in [7, 11) is 0. The van der Waals surface area contributed by atoms with Gasteiger partial charge in [-0.15, -0.1) is 0 Å². The Labute approximate surface area is 197 Å². The Kier molecular flexibility index (Phi) is 6.60. The Bertz CT molecular complexity index is 1110. The lowest BCUT2D eigenvalue weighted by Gasteiger charge is -2.34. The maximum Gasteiger partial charge on any atom is 0.241 e. The number of hydrogen-bond acceptors (Lipinski definition) is 6. The zero-order chi connectivity index (χ0) is 22.5. The zero-order valence-corrected chi connectivity index (χ0v) is 19.2. The molecule has 2 aromatic carbocycles. The molecule has 1 aliphatic rings. The molecule has 0 atom stereocenters. The van der Waals surface area contributed by atoms with E-state index in [-0.39, 0.29) is 11.8 Å². The number of benzene rings is 2. The third kappa shape index (κ3) is 5.21. The van der Waals surface area contributed by atoms with Crippen LogP contribution in [0.1, 0.15) is 29.4 Å². The minimum atomic E-state index is 0.0619. The molecule has 0 unspecified atom stereocenters. The normalized spacial score (nSPS) is 14.6. The second-order valence-electron chi connectivity index (χ2n) is 8.26. The molecule has 1 amide bonds. The zero-order valence-electron chi connectivity index (χ0n) is 18.3. The number of amides is 1. The number of piperazine rings is 1. The first-order valence-electron chi connectivity index (χ1n) is 11.2. The minimum absolute atomic E-state index is 0.0619. The van der Waals surface area contributed by atoms with Crippen LogP contribution in [0.2, 0.25) is 0 Å². The van der Waals surface area contributed by atoms with E-state index >= 15 is 0 Å². The predicted molar refractivity (Wildman–Crippen MR) is 129 cm³/mol. The van der Waals surface area contributed by atoms with Gasteiger partial charge in [0.15, 0.2) is 0 Å². The number of carbonyl (C=O) groups is 1. The van der Waals surface area contributed by atoms with Crippen LogP contribution in [0.15, 0.2) is 82.0 Å².